The van der Waals surface area contributed by atoms with E-state index in [4.69, 9.17) is 18.9 Å². The summed E-state index contributed by atoms with van der Waals surface area (Å²) in [5, 5.41) is 0.554. The normalized spacial score (nSPS) is 40.5. The summed E-state index contributed by atoms with van der Waals surface area (Å²) in [5.74, 6) is -0.619. The van der Waals surface area contributed by atoms with Gasteiger partial charge >= 0.3 is 104 Å². The molecule has 2 aliphatic heterocycles. The predicted octanol–water partition coefficient (Wildman–Crippen LogP) is 1.51. The summed E-state index contributed by atoms with van der Waals surface area (Å²) in [6.07, 6.45) is -1.01. The monoisotopic (exact) mass is 308 g/mol. The van der Waals surface area contributed by atoms with Crippen LogP contribution in [0.15, 0.2) is 0 Å². The number of ether oxygens (including phenoxy) is 4. The van der Waals surface area contributed by atoms with Gasteiger partial charge in [0.25, 0.3) is 0 Å². The Morgan fingerprint density at radius 3 is 2.35 bits per heavy atom. The third kappa shape index (κ3) is 2.96. The summed E-state index contributed by atoms with van der Waals surface area (Å²) in [4.78, 5) is 0. The van der Waals surface area contributed by atoms with E-state index in [0.717, 1.165) is 0 Å². The van der Waals surface area contributed by atoms with Crippen molar-refractivity contribution in [3.63, 3.8) is 0 Å². The van der Waals surface area contributed by atoms with Crippen LogP contribution in [0.3, 0.4) is 0 Å². The van der Waals surface area contributed by atoms with Gasteiger partial charge in [0, 0.05) is 0 Å². The van der Waals surface area contributed by atoms with Crippen molar-refractivity contribution in [1.29, 1.82) is 0 Å². The molecule has 2 aliphatic rings. The van der Waals surface area contributed by atoms with Gasteiger partial charge in [-0.05, 0) is 0 Å². The van der Waals surface area contributed by atoms with Gasteiger partial charge in [-0.3, -0.25) is 0 Å². The predicted molar refractivity (Wildman–Crippen MR) is 62.5 cm³/mol. The molecule has 100 valence electrons. The van der Waals surface area contributed by atoms with Crippen LogP contribution in [0.4, 0.5) is 0 Å². The molecule has 17 heavy (non-hydrogen) atoms. The maximum atomic E-state index is 12.0. The molecule has 5 nitrogen and oxygen atoms in total. The van der Waals surface area contributed by atoms with E-state index in [1.807, 2.05) is 25.3 Å². The zero-order valence-corrected chi connectivity index (χ0v) is 12.9. The second kappa shape index (κ2) is 4.39. The first kappa shape index (κ1) is 13.6. The van der Waals surface area contributed by atoms with Crippen LogP contribution < -0.4 is 0 Å². The van der Waals surface area contributed by atoms with Crippen molar-refractivity contribution in [3.05, 3.63) is 0 Å². The van der Waals surface area contributed by atoms with E-state index < -0.39 is 25.6 Å². The number of rotatable bonds is 3. The summed E-state index contributed by atoms with van der Waals surface area (Å²) in [6, 6.07) is 0. The van der Waals surface area contributed by atoms with Gasteiger partial charge in [-0.1, -0.05) is 0 Å². The van der Waals surface area contributed by atoms with Gasteiger partial charge in [-0.15, -0.1) is 0 Å². The molecule has 4 atom stereocenters. The fraction of sp³-hybridized carbons (Fsp3) is 1.00. The van der Waals surface area contributed by atoms with Gasteiger partial charge in [0.15, 0.2) is 0 Å². The van der Waals surface area contributed by atoms with Crippen molar-refractivity contribution in [2.24, 2.45) is 0 Å². The standard InChI is InChI=1S/C11H21AsO5/c1-11(2)16-8-7(6-12(3,4)13)15-10(14-5)9(8)17-11/h7-10H,6H2,1-5H3/t7-,8-,9-,10-/m1/s1. The molecular formula is C11H21AsO5. The molecule has 0 bridgehead atoms. The van der Waals surface area contributed by atoms with Gasteiger partial charge in [0.2, 0.25) is 0 Å². The summed E-state index contributed by atoms with van der Waals surface area (Å²) in [6.45, 7) is 3.75. The van der Waals surface area contributed by atoms with E-state index in [2.05, 4.69) is 0 Å². The van der Waals surface area contributed by atoms with Gasteiger partial charge in [-0.2, -0.15) is 0 Å². The molecule has 2 rings (SSSR count). The van der Waals surface area contributed by atoms with Crippen LogP contribution >= 0.6 is 0 Å². The Balaban J connectivity index is 2.13. The summed E-state index contributed by atoms with van der Waals surface area (Å²) < 4.78 is 34.5. The van der Waals surface area contributed by atoms with Crippen molar-refractivity contribution < 1.29 is 22.7 Å². The van der Waals surface area contributed by atoms with Gasteiger partial charge in [-0.25, -0.2) is 0 Å². The van der Waals surface area contributed by atoms with Crippen molar-refractivity contribution in [1.82, 2.24) is 0 Å². The number of fused-ring (bicyclic) bond motifs is 1. The Kier molecular flexibility index (Phi) is 3.52. The minimum absolute atomic E-state index is 0.176. The van der Waals surface area contributed by atoms with Crippen molar-refractivity contribution in [2.45, 2.75) is 60.9 Å². The summed E-state index contributed by atoms with van der Waals surface area (Å²) in [5.41, 5.74) is 3.63. The number of hydrogen-bond donors (Lipinski definition) is 0. The Morgan fingerprint density at radius 2 is 1.82 bits per heavy atom. The van der Waals surface area contributed by atoms with E-state index in [1.165, 1.54) is 0 Å². The average Bonchev–Trinajstić information content (AvgIpc) is 2.59. The van der Waals surface area contributed by atoms with E-state index in [-0.39, 0.29) is 18.3 Å². The quantitative estimate of drug-likeness (QED) is 0.740. The molecule has 2 fully saturated rings. The second-order valence-corrected chi connectivity index (χ2v) is 13.0. The minimum atomic E-state index is -2.77. The Morgan fingerprint density at radius 1 is 1.24 bits per heavy atom. The molecule has 6 heteroatoms. The van der Waals surface area contributed by atoms with E-state index in [9.17, 15) is 3.74 Å². The van der Waals surface area contributed by atoms with Crippen molar-refractivity contribution >= 4 is 13.5 Å². The summed E-state index contributed by atoms with van der Waals surface area (Å²) in [7, 11) is 1.58. The van der Waals surface area contributed by atoms with Crippen LogP contribution in [0.5, 0.6) is 0 Å². The molecule has 0 amide bonds. The summed E-state index contributed by atoms with van der Waals surface area (Å²) >= 11 is -2.77. The van der Waals surface area contributed by atoms with Crippen LogP contribution in [-0.2, 0) is 22.7 Å². The molecule has 0 aromatic carbocycles. The SMILES string of the molecule is CO[C@@H]1O[C@H](C[As](C)(C)=O)[C@H]2OC(C)(C)O[C@@H]12. The number of hydrogen-bond acceptors (Lipinski definition) is 5. The fourth-order valence-corrected chi connectivity index (χ4v) is 4.85. The molecule has 0 spiro atoms. The number of methoxy groups -OCH3 is 1. The third-order valence-electron chi connectivity index (χ3n) is 2.96. The molecule has 0 radical (unpaired) electrons. The van der Waals surface area contributed by atoms with E-state index in [0.29, 0.717) is 5.21 Å². The zero-order valence-electron chi connectivity index (χ0n) is 11.0. The molecule has 2 heterocycles. The molecule has 0 aromatic heterocycles. The third-order valence-corrected chi connectivity index (χ3v) is 5.56. The Labute approximate surface area is 104 Å². The van der Waals surface area contributed by atoms with Gasteiger partial charge in [0.1, 0.15) is 0 Å². The average molecular weight is 308 g/mol. The van der Waals surface area contributed by atoms with Crippen molar-refractivity contribution in [3.8, 4) is 0 Å². The second-order valence-electron chi connectivity index (χ2n) is 5.60. The van der Waals surface area contributed by atoms with Crippen LogP contribution in [0.1, 0.15) is 13.8 Å². The van der Waals surface area contributed by atoms with Gasteiger partial charge in [0.05, 0.1) is 0 Å². The maximum absolute atomic E-state index is 12.0. The Hall–Kier alpha value is 0.198. The Bertz CT molecular complexity index is 337. The first-order valence-electron chi connectivity index (χ1n) is 5.80. The molecule has 0 aliphatic carbocycles. The van der Waals surface area contributed by atoms with Crippen LogP contribution in [0.25, 0.3) is 0 Å². The van der Waals surface area contributed by atoms with Crippen LogP contribution in [0.2, 0.25) is 16.6 Å². The van der Waals surface area contributed by atoms with Crippen molar-refractivity contribution in [2.75, 3.05) is 7.11 Å². The first-order valence-corrected chi connectivity index (χ1v) is 11.6. The topological polar surface area (TPSA) is 54.0 Å². The van der Waals surface area contributed by atoms with Crippen LogP contribution in [-0.4, -0.2) is 51.0 Å². The van der Waals surface area contributed by atoms with Crippen LogP contribution in [0, 0.1) is 0 Å². The van der Waals surface area contributed by atoms with E-state index >= 15 is 0 Å². The first-order chi connectivity index (χ1) is 7.72. The van der Waals surface area contributed by atoms with Gasteiger partial charge < -0.3 is 0 Å². The molecule has 0 N–H and O–H groups in total. The zero-order chi connectivity index (χ0) is 12.8. The molecule has 2 saturated heterocycles. The fourth-order valence-electron chi connectivity index (χ4n) is 2.41. The molecule has 0 aromatic rings. The molecule has 0 unspecified atom stereocenters. The van der Waals surface area contributed by atoms with E-state index in [1.54, 1.807) is 7.11 Å². The molecule has 0 saturated carbocycles. The molecular weight excluding hydrogens is 287 g/mol.